The number of rotatable bonds is 3. The molecule has 0 aliphatic rings. The molecular weight excluding hydrogens is 214 g/mol. The van der Waals surface area contributed by atoms with Crippen LogP contribution in [0.2, 0.25) is 0 Å². The molecule has 0 saturated carbocycles. The van der Waals surface area contributed by atoms with E-state index in [4.69, 9.17) is 0 Å². The summed E-state index contributed by atoms with van der Waals surface area (Å²) in [5.41, 5.74) is 0. The third-order valence-electron chi connectivity index (χ3n) is 1.53. The van der Waals surface area contributed by atoms with E-state index in [1.165, 1.54) is 23.5 Å². The van der Waals surface area contributed by atoms with Crippen molar-refractivity contribution in [2.45, 2.75) is 11.8 Å². The molecule has 1 aromatic carbocycles. The molecule has 1 heterocycles. The van der Waals surface area contributed by atoms with Crippen LogP contribution in [0.25, 0.3) is 0 Å². The molecule has 0 spiro atoms. The van der Waals surface area contributed by atoms with Gasteiger partial charge in [-0.15, -0.1) is 0 Å². The van der Waals surface area contributed by atoms with Crippen LogP contribution in [0.5, 0.6) is 0 Å². The van der Waals surface area contributed by atoms with Gasteiger partial charge in [0.05, 0.1) is 0 Å². The summed E-state index contributed by atoms with van der Waals surface area (Å²) < 4.78 is 7.22. The number of nitrogens with zero attached hydrogens (tertiary/aromatic N) is 2. The summed E-state index contributed by atoms with van der Waals surface area (Å²) in [6, 6.07) is 10.1. The molecule has 0 bridgehead atoms. The van der Waals surface area contributed by atoms with E-state index in [-0.39, 0.29) is 0 Å². The molecule has 0 saturated heterocycles. The van der Waals surface area contributed by atoms with Gasteiger partial charge in [0.25, 0.3) is 0 Å². The average Bonchev–Trinajstić information content (AvgIpc) is 2.63. The first-order valence-corrected chi connectivity index (χ1v) is 5.72. The Morgan fingerprint density at radius 1 is 1.29 bits per heavy atom. The van der Waals surface area contributed by atoms with Crippen LogP contribution in [0.4, 0.5) is 5.95 Å². The van der Waals surface area contributed by atoms with Crippen LogP contribution in [-0.4, -0.2) is 9.36 Å². The maximum atomic E-state index is 4.20. The zero-order chi connectivity index (χ0) is 9.80. The third-order valence-corrected chi connectivity index (χ3v) is 2.94. The van der Waals surface area contributed by atoms with Gasteiger partial charge < -0.3 is 0 Å². The topological polar surface area (TPSA) is 37.8 Å². The molecule has 72 valence electrons. The number of benzene rings is 1. The fourth-order valence-corrected chi connectivity index (χ4v) is 2.02. The van der Waals surface area contributed by atoms with Crippen LogP contribution >= 0.6 is 23.5 Å². The lowest BCUT2D eigenvalue weighted by atomic mass is 10.4. The molecule has 14 heavy (non-hydrogen) atoms. The lowest BCUT2D eigenvalue weighted by Gasteiger charge is -1.99. The molecule has 0 atom stereocenters. The summed E-state index contributed by atoms with van der Waals surface area (Å²) in [6.45, 7) is 1.94. The number of hydrogen-bond donors (Lipinski definition) is 1. The first-order valence-electron chi connectivity index (χ1n) is 4.13. The van der Waals surface area contributed by atoms with Gasteiger partial charge in [0, 0.05) is 4.90 Å². The summed E-state index contributed by atoms with van der Waals surface area (Å²) in [5, 5.41) is 0.973. The second-order valence-corrected chi connectivity index (χ2v) is 4.49. The predicted molar refractivity (Wildman–Crippen MR) is 60.6 cm³/mol. The van der Waals surface area contributed by atoms with E-state index in [1.807, 2.05) is 37.3 Å². The van der Waals surface area contributed by atoms with E-state index in [1.54, 1.807) is 0 Å². The highest BCUT2D eigenvalue weighted by molar-refractivity contribution is 8.00. The van der Waals surface area contributed by atoms with Gasteiger partial charge >= 0.3 is 0 Å². The molecule has 0 fully saturated rings. The number of aromatic nitrogens is 2. The van der Waals surface area contributed by atoms with Crippen LogP contribution in [0, 0.1) is 6.92 Å². The van der Waals surface area contributed by atoms with E-state index in [2.05, 4.69) is 14.1 Å². The molecule has 0 aliphatic heterocycles. The molecule has 0 amide bonds. The van der Waals surface area contributed by atoms with Crippen molar-refractivity contribution in [2.24, 2.45) is 0 Å². The summed E-state index contributed by atoms with van der Waals surface area (Å²) in [6.07, 6.45) is 0. The van der Waals surface area contributed by atoms with Crippen LogP contribution < -0.4 is 4.72 Å². The van der Waals surface area contributed by atoms with Crippen molar-refractivity contribution in [3.05, 3.63) is 35.3 Å². The number of hydrogen-bond acceptors (Lipinski definition) is 5. The van der Waals surface area contributed by atoms with Gasteiger partial charge in [0.15, 0.2) is 0 Å². The van der Waals surface area contributed by atoms with Gasteiger partial charge in [-0.2, -0.15) is 4.37 Å². The van der Waals surface area contributed by atoms with Crippen LogP contribution in [0.1, 0.15) is 5.01 Å². The van der Waals surface area contributed by atoms with Crippen molar-refractivity contribution < 1.29 is 0 Å². The standard InChI is InChI=1S/C9H9N3S2/c1-7-10-9(11-13-7)12-14-8-5-3-2-4-6-8/h2-6H,1H3,(H,11,12). The summed E-state index contributed by atoms with van der Waals surface area (Å²) in [4.78, 5) is 5.35. The van der Waals surface area contributed by atoms with Crippen LogP contribution in [0.3, 0.4) is 0 Å². The maximum Gasteiger partial charge on any atom is 0.245 e. The predicted octanol–water partition coefficient (Wildman–Crippen LogP) is 2.97. The van der Waals surface area contributed by atoms with E-state index >= 15 is 0 Å². The lowest BCUT2D eigenvalue weighted by Crippen LogP contribution is -1.88. The van der Waals surface area contributed by atoms with E-state index in [9.17, 15) is 0 Å². The smallest absolute Gasteiger partial charge is 0.245 e. The fraction of sp³-hybridized carbons (Fsp3) is 0.111. The van der Waals surface area contributed by atoms with Gasteiger partial charge in [-0.05, 0) is 42.5 Å². The minimum Gasteiger partial charge on any atom is -0.293 e. The molecule has 0 aliphatic carbocycles. The van der Waals surface area contributed by atoms with E-state index < -0.39 is 0 Å². The number of anilines is 1. The highest BCUT2D eigenvalue weighted by Gasteiger charge is 1.99. The largest absolute Gasteiger partial charge is 0.293 e. The molecular formula is C9H9N3S2. The summed E-state index contributed by atoms with van der Waals surface area (Å²) >= 11 is 2.92. The molecule has 2 aromatic rings. The van der Waals surface area contributed by atoms with Gasteiger partial charge in [0.1, 0.15) is 5.01 Å². The summed E-state index contributed by atoms with van der Waals surface area (Å²) in [7, 11) is 0. The van der Waals surface area contributed by atoms with Crippen molar-refractivity contribution >= 4 is 29.4 Å². The van der Waals surface area contributed by atoms with Gasteiger partial charge in [-0.3, -0.25) is 4.72 Å². The zero-order valence-corrected chi connectivity index (χ0v) is 9.23. The van der Waals surface area contributed by atoms with Gasteiger partial charge in [-0.1, -0.05) is 18.2 Å². The summed E-state index contributed by atoms with van der Waals surface area (Å²) in [5.74, 6) is 0.682. The van der Waals surface area contributed by atoms with Crippen molar-refractivity contribution in [2.75, 3.05) is 4.72 Å². The normalized spacial score (nSPS) is 10.1. The molecule has 2 rings (SSSR count). The molecule has 0 radical (unpaired) electrons. The Bertz CT molecular complexity index is 399. The Morgan fingerprint density at radius 2 is 2.07 bits per heavy atom. The van der Waals surface area contributed by atoms with Crippen LogP contribution in [0.15, 0.2) is 35.2 Å². The average molecular weight is 223 g/mol. The first-order chi connectivity index (χ1) is 6.84. The Hall–Kier alpha value is -1.07. The van der Waals surface area contributed by atoms with E-state index in [0.29, 0.717) is 5.95 Å². The lowest BCUT2D eigenvalue weighted by molar-refractivity contribution is 1.27. The van der Waals surface area contributed by atoms with Gasteiger partial charge in [-0.25, -0.2) is 4.98 Å². The molecule has 0 unspecified atom stereocenters. The Morgan fingerprint density at radius 3 is 2.71 bits per heavy atom. The zero-order valence-electron chi connectivity index (χ0n) is 7.60. The monoisotopic (exact) mass is 223 g/mol. The second kappa shape index (κ2) is 4.43. The maximum absolute atomic E-state index is 4.20. The fourth-order valence-electron chi connectivity index (χ4n) is 0.934. The number of nitrogens with one attached hydrogen (secondary N) is 1. The first kappa shape index (κ1) is 9.48. The Labute approximate surface area is 90.9 Å². The molecule has 5 heteroatoms. The quantitative estimate of drug-likeness (QED) is 0.812. The van der Waals surface area contributed by atoms with Crippen LogP contribution in [-0.2, 0) is 0 Å². The molecule has 3 nitrogen and oxygen atoms in total. The highest BCUT2D eigenvalue weighted by atomic mass is 32.2. The molecule has 1 aromatic heterocycles. The Kier molecular flexibility index (Phi) is 3.00. The van der Waals surface area contributed by atoms with E-state index in [0.717, 1.165) is 9.90 Å². The van der Waals surface area contributed by atoms with Gasteiger partial charge in [0.2, 0.25) is 5.95 Å². The minimum atomic E-state index is 0.682. The highest BCUT2D eigenvalue weighted by Crippen LogP contribution is 2.19. The second-order valence-electron chi connectivity index (χ2n) is 2.65. The SMILES string of the molecule is Cc1nc(NSc2ccccc2)ns1. The van der Waals surface area contributed by atoms with Crippen molar-refractivity contribution in [3.63, 3.8) is 0 Å². The number of aryl methyl sites for hydroxylation is 1. The third kappa shape index (κ3) is 2.46. The van der Waals surface area contributed by atoms with Crippen molar-refractivity contribution in [1.29, 1.82) is 0 Å². The minimum absolute atomic E-state index is 0.682. The van der Waals surface area contributed by atoms with Crippen molar-refractivity contribution in [3.8, 4) is 0 Å². The molecule has 1 N–H and O–H groups in total. The van der Waals surface area contributed by atoms with Crippen molar-refractivity contribution in [1.82, 2.24) is 9.36 Å². The Balaban J connectivity index is 1.95.